The summed E-state index contributed by atoms with van der Waals surface area (Å²) < 4.78 is 89.9. The predicted octanol–water partition coefficient (Wildman–Crippen LogP) is 5.17. The minimum atomic E-state index is -5.06. The van der Waals surface area contributed by atoms with Crippen LogP contribution in [-0.4, -0.2) is 69.7 Å². The highest BCUT2D eigenvalue weighted by molar-refractivity contribution is 5.75. The van der Waals surface area contributed by atoms with Crippen LogP contribution in [0.1, 0.15) is 38.4 Å². The molecule has 0 aliphatic heterocycles. The van der Waals surface area contributed by atoms with Crippen LogP contribution in [0.4, 0.5) is 31.1 Å². The highest BCUT2D eigenvalue weighted by atomic mass is 19.4. The monoisotopic (exact) mass is 548 g/mol. The van der Waals surface area contributed by atoms with E-state index in [0.717, 1.165) is 4.90 Å². The molecule has 3 heterocycles. The number of fused-ring (bicyclic) bond motifs is 1. The van der Waals surface area contributed by atoms with Crippen molar-refractivity contribution < 1.29 is 40.6 Å². The summed E-state index contributed by atoms with van der Waals surface area (Å²) in [6.45, 7) is 3.01. The highest BCUT2D eigenvalue weighted by Gasteiger charge is 2.43. The third kappa shape index (κ3) is 6.55. The SMILES string of the molecule is CCN(C(=O)NC(CCC(F)(F)F)C(F)(F)F)[C@H](C)c1cc(-c2cc3ccnn3c(OC)n2)c(OC)cn1. The zero-order chi connectivity index (χ0) is 28.3. The maximum atomic E-state index is 13.4. The number of aromatic nitrogens is 4. The van der Waals surface area contributed by atoms with E-state index in [1.807, 2.05) is 0 Å². The van der Waals surface area contributed by atoms with Gasteiger partial charge in [-0.25, -0.2) is 4.79 Å². The molecule has 3 rings (SSSR count). The molecule has 0 radical (unpaired) electrons. The van der Waals surface area contributed by atoms with E-state index in [2.05, 4.69) is 15.1 Å². The molecule has 0 aromatic carbocycles. The fourth-order valence-electron chi connectivity index (χ4n) is 3.84. The highest BCUT2D eigenvalue weighted by Crippen LogP contribution is 2.34. The number of carbonyl (C=O) groups excluding carboxylic acids is 1. The molecule has 0 bridgehead atoms. The third-order valence-electron chi connectivity index (χ3n) is 5.83. The summed E-state index contributed by atoms with van der Waals surface area (Å²) in [4.78, 5) is 22.6. The maximum Gasteiger partial charge on any atom is 0.408 e. The minimum Gasteiger partial charge on any atom is -0.494 e. The lowest BCUT2D eigenvalue weighted by Crippen LogP contribution is -2.51. The largest absolute Gasteiger partial charge is 0.494 e. The van der Waals surface area contributed by atoms with Crippen LogP contribution in [-0.2, 0) is 0 Å². The molecule has 2 atom stereocenters. The lowest BCUT2D eigenvalue weighted by atomic mass is 10.1. The molecular formula is C23H26F6N6O3. The van der Waals surface area contributed by atoms with Crippen molar-refractivity contribution in [1.82, 2.24) is 29.8 Å². The van der Waals surface area contributed by atoms with E-state index in [4.69, 9.17) is 9.47 Å². The number of halogens is 6. The smallest absolute Gasteiger partial charge is 0.408 e. The van der Waals surface area contributed by atoms with Gasteiger partial charge >= 0.3 is 24.4 Å². The predicted molar refractivity (Wildman–Crippen MR) is 124 cm³/mol. The number of nitrogens with one attached hydrogen (secondary N) is 1. The molecule has 2 amide bonds. The molecule has 3 aromatic rings. The van der Waals surface area contributed by atoms with Gasteiger partial charge in [0.1, 0.15) is 11.8 Å². The van der Waals surface area contributed by atoms with Crippen molar-refractivity contribution in [3.05, 3.63) is 36.3 Å². The Bertz CT molecular complexity index is 1260. The Labute approximate surface area is 213 Å². The molecular weight excluding hydrogens is 522 g/mol. The summed E-state index contributed by atoms with van der Waals surface area (Å²) in [5, 5.41) is 5.83. The first kappa shape index (κ1) is 28.8. The Balaban J connectivity index is 1.92. The summed E-state index contributed by atoms with van der Waals surface area (Å²) in [7, 11) is 2.84. The van der Waals surface area contributed by atoms with Crippen molar-refractivity contribution in [3.8, 4) is 23.0 Å². The van der Waals surface area contributed by atoms with Crippen LogP contribution in [0.15, 0.2) is 30.6 Å². The molecule has 9 nitrogen and oxygen atoms in total. The van der Waals surface area contributed by atoms with Crippen molar-refractivity contribution in [2.45, 2.75) is 51.1 Å². The van der Waals surface area contributed by atoms with Crippen LogP contribution in [0.5, 0.6) is 11.8 Å². The van der Waals surface area contributed by atoms with Crippen LogP contribution in [0, 0.1) is 0 Å². The van der Waals surface area contributed by atoms with Crippen molar-refractivity contribution in [1.29, 1.82) is 0 Å². The molecule has 38 heavy (non-hydrogen) atoms. The number of hydrogen-bond acceptors (Lipinski definition) is 6. The fourth-order valence-corrected chi connectivity index (χ4v) is 3.84. The number of hydrogen-bond donors (Lipinski definition) is 1. The van der Waals surface area contributed by atoms with E-state index < -0.39 is 43.3 Å². The first-order valence-corrected chi connectivity index (χ1v) is 11.4. The number of methoxy groups -OCH3 is 2. The Morgan fingerprint density at radius 2 is 1.87 bits per heavy atom. The number of amides is 2. The van der Waals surface area contributed by atoms with E-state index in [0.29, 0.717) is 22.5 Å². The van der Waals surface area contributed by atoms with Crippen LogP contribution < -0.4 is 14.8 Å². The lowest BCUT2D eigenvalue weighted by molar-refractivity contribution is -0.171. The molecule has 208 valence electrons. The van der Waals surface area contributed by atoms with Gasteiger partial charge in [0.15, 0.2) is 0 Å². The zero-order valence-corrected chi connectivity index (χ0v) is 20.9. The summed E-state index contributed by atoms with van der Waals surface area (Å²) >= 11 is 0. The average Bonchev–Trinajstić information content (AvgIpc) is 3.33. The Hall–Kier alpha value is -3.78. The van der Waals surface area contributed by atoms with Crippen LogP contribution in [0.3, 0.4) is 0 Å². The van der Waals surface area contributed by atoms with E-state index >= 15 is 0 Å². The molecule has 0 saturated heterocycles. The van der Waals surface area contributed by atoms with Gasteiger partial charge < -0.3 is 19.7 Å². The summed E-state index contributed by atoms with van der Waals surface area (Å²) in [5.41, 5.74) is 1.82. The molecule has 3 aromatic heterocycles. The van der Waals surface area contributed by atoms with Crippen molar-refractivity contribution in [2.24, 2.45) is 0 Å². The number of alkyl halides is 6. The average molecular weight is 548 g/mol. The van der Waals surface area contributed by atoms with Gasteiger partial charge in [0.05, 0.1) is 49.6 Å². The third-order valence-corrected chi connectivity index (χ3v) is 5.83. The zero-order valence-electron chi connectivity index (χ0n) is 20.9. The maximum absolute atomic E-state index is 13.4. The van der Waals surface area contributed by atoms with Gasteiger partial charge in [-0.2, -0.15) is 40.9 Å². The topological polar surface area (TPSA) is 93.9 Å². The van der Waals surface area contributed by atoms with Gasteiger partial charge in [0.25, 0.3) is 0 Å². The second kappa shape index (κ2) is 11.3. The minimum absolute atomic E-state index is 0.0479. The molecule has 0 saturated carbocycles. The molecule has 1 unspecified atom stereocenters. The van der Waals surface area contributed by atoms with Gasteiger partial charge in [-0.3, -0.25) is 4.98 Å². The number of pyridine rings is 1. The number of carbonyl (C=O) groups is 1. The van der Waals surface area contributed by atoms with Crippen molar-refractivity contribution in [3.63, 3.8) is 0 Å². The first-order valence-electron chi connectivity index (χ1n) is 11.4. The Morgan fingerprint density at radius 3 is 2.45 bits per heavy atom. The van der Waals surface area contributed by atoms with Crippen LogP contribution in [0.2, 0.25) is 0 Å². The van der Waals surface area contributed by atoms with Gasteiger partial charge in [-0.05, 0) is 38.5 Å². The molecule has 0 aliphatic rings. The van der Waals surface area contributed by atoms with E-state index in [-0.39, 0.29) is 18.2 Å². The standard InChI is InChI=1S/C23H26F6N6O3/c1-5-34(20(36)33-19(23(27,28)29)6-8-22(24,25)26)13(2)16-11-15(18(37-3)12-30-16)17-10-14-7-9-31-35(14)21(32-17)38-4/h7,9-13,19H,5-6,8H2,1-4H3,(H,33,36)/t13-,19?/m1/s1. The van der Waals surface area contributed by atoms with E-state index in [9.17, 15) is 31.1 Å². The van der Waals surface area contributed by atoms with E-state index in [1.165, 1.54) is 38.8 Å². The number of urea groups is 1. The summed E-state index contributed by atoms with van der Waals surface area (Å²) in [6.07, 6.45) is -9.95. The second-order valence-corrected chi connectivity index (χ2v) is 8.26. The molecule has 1 N–H and O–H groups in total. The molecule has 15 heteroatoms. The Kier molecular flexibility index (Phi) is 8.57. The molecule has 0 spiro atoms. The number of rotatable bonds is 9. The van der Waals surface area contributed by atoms with Gasteiger partial charge in [0.2, 0.25) is 0 Å². The lowest BCUT2D eigenvalue weighted by Gasteiger charge is -2.31. The summed E-state index contributed by atoms with van der Waals surface area (Å²) in [5.74, 6) is 0.330. The Morgan fingerprint density at radius 1 is 1.16 bits per heavy atom. The van der Waals surface area contributed by atoms with Crippen molar-refractivity contribution >= 4 is 11.5 Å². The number of nitrogens with zero attached hydrogens (tertiary/aromatic N) is 5. The first-order chi connectivity index (χ1) is 17.8. The van der Waals surface area contributed by atoms with Gasteiger partial charge in [-0.15, -0.1) is 0 Å². The summed E-state index contributed by atoms with van der Waals surface area (Å²) in [6, 6.07) is 0.480. The van der Waals surface area contributed by atoms with Crippen LogP contribution >= 0.6 is 0 Å². The van der Waals surface area contributed by atoms with Gasteiger partial charge in [-0.1, -0.05) is 0 Å². The van der Waals surface area contributed by atoms with Crippen molar-refractivity contribution in [2.75, 3.05) is 20.8 Å². The van der Waals surface area contributed by atoms with Gasteiger partial charge in [0, 0.05) is 18.5 Å². The quantitative estimate of drug-likeness (QED) is 0.371. The second-order valence-electron chi connectivity index (χ2n) is 8.26. The van der Waals surface area contributed by atoms with Crippen LogP contribution in [0.25, 0.3) is 16.8 Å². The normalized spacial score (nSPS) is 13.7. The fraction of sp³-hybridized carbons (Fsp3) is 0.478. The molecule has 0 aliphatic carbocycles. The molecule has 0 fully saturated rings. The van der Waals surface area contributed by atoms with E-state index in [1.54, 1.807) is 29.7 Å². The number of ether oxygens (including phenoxy) is 2.